The molecule has 0 saturated heterocycles. The van der Waals surface area contributed by atoms with Gasteiger partial charge in [0.1, 0.15) is 0 Å². The molecule has 1 N–H and O–H groups in total. The molecule has 1 aliphatic carbocycles. The molecule has 0 spiro atoms. The minimum absolute atomic E-state index is 0.223. The molecule has 1 rings (SSSR count). The van der Waals surface area contributed by atoms with Gasteiger partial charge >= 0.3 is 0 Å². The van der Waals surface area contributed by atoms with E-state index in [-0.39, 0.29) is 6.10 Å². The summed E-state index contributed by atoms with van der Waals surface area (Å²) in [4.78, 5) is 0. The summed E-state index contributed by atoms with van der Waals surface area (Å²) >= 11 is 0. The predicted octanol–water partition coefficient (Wildman–Crippen LogP) is 0.790. The maximum Gasteiger partial charge on any atom is 0.0932 e. The molecule has 0 aromatic carbocycles. The van der Waals surface area contributed by atoms with Crippen molar-refractivity contribution in [2.75, 3.05) is 26.9 Å². The fourth-order valence-corrected chi connectivity index (χ4v) is 1.17. The van der Waals surface area contributed by atoms with E-state index in [4.69, 9.17) is 9.47 Å². The molecule has 0 aromatic heterocycles. The van der Waals surface area contributed by atoms with E-state index in [0.717, 1.165) is 19.2 Å². The lowest BCUT2D eigenvalue weighted by atomic mass is 10.3. The van der Waals surface area contributed by atoms with Crippen molar-refractivity contribution in [1.29, 1.82) is 0 Å². The van der Waals surface area contributed by atoms with Crippen LogP contribution < -0.4 is 5.32 Å². The van der Waals surface area contributed by atoms with Gasteiger partial charge in [0.15, 0.2) is 0 Å². The van der Waals surface area contributed by atoms with Gasteiger partial charge in [-0.2, -0.15) is 0 Å². The molecule has 1 fully saturated rings. The lowest BCUT2D eigenvalue weighted by molar-refractivity contribution is 0.00486. The smallest absolute Gasteiger partial charge is 0.0932 e. The van der Waals surface area contributed by atoms with Gasteiger partial charge in [-0.25, -0.2) is 0 Å². The third-order valence-electron chi connectivity index (χ3n) is 1.97. The molecule has 0 bridgehead atoms. The molecular formula is C9H19NO2. The Kier molecular flexibility index (Phi) is 4.58. The summed E-state index contributed by atoms with van der Waals surface area (Å²) in [5.74, 6) is 0. The zero-order valence-corrected chi connectivity index (χ0v) is 8.01. The molecule has 0 amide bonds. The number of methoxy groups -OCH3 is 1. The molecule has 0 radical (unpaired) electrons. The van der Waals surface area contributed by atoms with E-state index in [2.05, 4.69) is 5.32 Å². The fraction of sp³-hybridized carbons (Fsp3) is 1.00. The average Bonchev–Trinajstić information content (AvgIpc) is 2.84. The molecule has 72 valence electrons. The number of hydrogen-bond acceptors (Lipinski definition) is 3. The average molecular weight is 173 g/mol. The van der Waals surface area contributed by atoms with Crippen LogP contribution in [-0.2, 0) is 9.47 Å². The highest BCUT2D eigenvalue weighted by molar-refractivity contribution is 4.81. The molecule has 0 heterocycles. The largest absolute Gasteiger partial charge is 0.382 e. The molecular weight excluding hydrogens is 154 g/mol. The molecule has 3 nitrogen and oxygen atoms in total. The molecule has 3 heteroatoms. The monoisotopic (exact) mass is 173 g/mol. The Hall–Kier alpha value is -0.120. The fourth-order valence-electron chi connectivity index (χ4n) is 1.17. The Morgan fingerprint density at radius 3 is 2.75 bits per heavy atom. The number of nitrogens with one attached hydrogen (secondary N) is 1. The topological polar surface area (TPSA) is 30.5 Å². The zero-order chi connectivity index (χ0) is 8.81. The standard InChI is InChI=1S/C9H19NO2/c1-3-12-9(7-11-2)6-10-8-4-5-8/h8-10H,3-7H2,1-2H3. The minimum Gasteiger partial charge on any atom is -0.382 e. The molecule has 1 unspecified atom stereocenters. The maximum atomic E-state index is 5.47. The zero-order valence-electron chi connectivity index (χ0n) is 8.01. The first kappa shape index (κ1) is 9.96. The van der Waals surface area contributed by atoms with Gasteiger partial charge in [0, 0.05) is 26.3 Å². The Morgan fingerprint density at radius 1 is 1.50 bits per heavy atom. The van der Waals surface area contributed by atoms with Crippen LogP contribution in [0.4, 0.5) is 0 Å². The van der Waals surface area contributed by atoms with Crippen molar-refractivity contribution in [2.45, 2.75) is 31.9 Å². The third-order valence-corrected chi connectivity index (χ3v) is 1.97. The molecule has 1 saturated carbocycles. The van der Waals surface area contributed by atoms with E-state index in [1.807, 2.05) is 6.92 Å². The van der Waals surface area contributed by atoms with Crippen LogP contribution in [0, 0.1) is 0 Å². The van der Waals surface area contributed by atoms with E-state index in [0.29, 0.717) is 6.61 Å². The van der Waals surface area contributed by atoms with Crippen molar-refractivity contribution in [3.63, 3.8) is 0 Å². The summed E-state index contributed by atoms with van der Waals surface area (Å²) in [7, 11) is 1.71. The van der Waals surface area contributed by atoms with Gasteiger partial charge < -0.3 is 14.8 Å². The van der Waals surface area contributed by atoms with Crippen molar-refractivity contribution >= 4 is 0 Å². The Balaban J connectivity index is 2.03. The Morgan fingerprint density at radius 2 is 2.25 bits per heavy atom. The first-order chi connectivity index (χ1) is 5.86. The minimum atomic E-state index is 0.223. The summed E-state index contributed by atoms with van der Waals surface area (Å²) in [5, 5.41) is 3.42. The predicted molar refractivity (Wildman–Crippen MR) is 48.3 cm³/mol. The van der Waals surface area contributed by atoms with Crippen LogP contribution in [0.15, 0.2) is 0 Å². The van der Waals surface area contributed by atoms with Crippen molar-refractivity contribution in [3.05, 3.63) is 0 Å². The van der Waals surface area contributed by atoms with Crippen molar-refractivity contribution in [2.24, 2.45) is 0 Å². The van der Waals surface area contributed by atoms with Crippen molar-refractivity contribution in [3.8, 4) is 0 Å². The highest BCUT2D eigenvalue weighted by atomic mass is 16.5. The number of rotatable bonds is 7. The van der Waals surface area contributed by atoms with E-state index < -0.39 is 0 Å². The van der Waals surface area contributed by atoms with Crippen LogP contribution in [-0.4, -0.2) is 39.0 Å². The summed E-state index contributed by atoms with van der Waals surface area (Å²) < 4.78 is 10.5. The Labute approximate surface area is 74.4 Å². The van der Waals surface area contributed by atoms with E-state index in [1.165, 1.54) is 12.8 Å². The summed E-state index contributed by atoms with van der Waals surface area (Å²) in [6, 6.07) is 0.754. The third kappa shape index (κ3) is 4.04. The van der Waals surface area contributed by atoms with Crippen LogP contribution in [0.25, 0.3) is 0 Å². The first-order valence-corrected chi connectivity index (χ1v) is 4.70. The van der Waals surface area contributed by atoms with Crippen LogP contribution in [0.3, 0.4) is 0 Å². The molecule has 0 aromatic rings. The summed E-state index contributed by atoms with van der Waals surface area (Å²) in [6.07, 6.45) is 2.87. The Bertz CT molecular complexity index is 109. The van der Waals surface area contributed by atoms with E-state index in [1.54, 1.807) is 7.11 Å². The number of hydrogen-bond donors (Lipinski definition) is 1. The van der Waals surface area contributed by atoms with Crippen molar-refractivity contribution < 1.29 is 9.47 Å². The van der Waals surface area contributed by atoms with Crippen LogP contribution in [0.2, 0.25) is 0 Å². The molecule has 0 aliphatic heterocycles. The second-order valence-electron chi connectivity index (χ2n) is 3.22. The lowest BCUT2D eigenvalue weighted by Crippen LogP contribution is -2.33. The van der Waals surface area contributed by atoms with Gasteiger partial charge in [0.05, 0.1) is 12.7 Å². The highest BCUT2D eigenvalue weighted by Crippen LogP contribution is 2.18. The first-order valence-electron chi connectivity index (χ1n) is 4.70. The second kappa shape index (κ2) is 5.51. The van der Waals surface area contributed by atoms with Crippen LogP contribution in [0.1, 0.15) is 19.8 Å². The lowest BCUT2D eigenvalue weighted by Gasteiger charge is -2.16. The SMILES string of the molecule is CCOC(CNC1CC1)COC. The highest BCUT2D eigenvalue weighted by Gasteiger charge is 2.21. The molecule has 1 atom stereocenters. The van der Waals surface area contributed by atoms with Gasteiger partial charge in [0.25, 0.3) is 0 Å². The summed E-state index contributed by atoms with van der Waals surface area (Å²) in [6.45, 7) is 4.39. The summed E-state index contributed by atoms with van der Waals surface area (Å²) in [5.41, 5.74) is 0. The number of ether oxygens (including phenoxy) is 2. The van der Waals surface area contributed by atoms with Crippen molar-refractivity contribution in [1.82, 2.24) is 5.32 Å². The maximum absolute atomic E-state index is 5.47. The van der Waals surface area contributed by atoms with Gasteiger partial charge in [-0.15, -0.1) is 0 Å². The quantitative estimate of drug-likeness (QED) is 0.617. The molecule has 12 heavy (non-hydrogen) atoms. The molecule has 1 aliphatic rings. The second-order valence-corrected chi connectivity index (χ2v) is 3.22. The normalized spacial score (nSPS) is 19.5. The van der Waals surface area contributed by atoms with E-state index in [9.17, 15) is 0 Å². The van der Waals surface area contributed by atoms with Gasteiger partial charge in [-0.05, 0) is 19.8 Å². The van der Waals surface area contributed by atoms with Gasteiger partial charge in [-0.1, -0.05) is 0 Å². The van der Waals surface area contributed by atoms with Crippen LogP contribution >= 0.6 is 0 Å². The van der Waals surface area contributed by atoms with Crippen LogP contribution in [0.5, 0.6) is 0 Å². The van der Waals surface area contributed by atoms with Gasteiger partial charge in [0.2, 0.25) is 0 Å². The van der Waals surface area contributed by atoms with Gasteiger partial charge in [-0.3, -0.25) is 0 Å². The van der Waals surface area contributed by atoms with E-state index >= 15 is 0 Å².